The molecule has 2 aromatic heterocycles. The minimum Gasteiger partial charge on any atom is -0.446 e. The van der Waals surface area contributed by atoms with Crippen LogP contribution in [0.3, 0.4) is 0 Å². The molecule has 0 aromatic carbocycles. The minimum absolute atomic E-state index is 0.736. The zero-order valence-corrected chi connectivity index (χ0v) is 10.8. The second-order valence-electron chi connectivity index (χ2n) is 4.34. The summed E-state index contributed by atoms with van der Waals surface area (Å²) in [6.07, 6.45) is 2.73. The molecule has 92 valence electrons. The zero-order chi connectivity index (χ0) is 12.4. The quantitative estimate of drug-likeness (QED) is 0.815. The average molecular weight is 234 g/mol. The molecule has 0 N–H and O–H groups in total. The van der Waals surface area contributed by atoms with Crippen molar-refractivity contribution in [3.05, 3.63) is 34.7 Å². The van der Waals surface area contributed by atoms with E-state index in [0.29, 0.717) is 0 Å². The van der Waals surface area contributed by atoms with Crippen LogP contribution in [0.15, 0.2) is 8.83 Å². The van der Waals surface area contributed by atoms with Crippen molar-refractivity contribution in [2.45, 2.75) is 47.0 Å². The Kier molecular flexibility index (Phi) is 3.31. The fourth-order valence-electron chi connectivity index (χ4n) is 1.86. The van der Waals surface area contributed by atoms with Gasteiger partial charge in [0.25, 0.3) is 0 Å². The second-order valence-corrected chi connectivity index (χ2v) is 4.34. The highest BCUT2D eigenvalue weighted by Crippen LogP contribution is 2.14. The number of hydrogen-bond donors (Lipinski definition) is 0. The molecule has 0 amide bonds. The molecule has 0 spiro atoms. The summed E-state index contributed by atoms with van der Waals surface area (Å²) in [6.45, 7) is 7.73. The van der Waals surface area contributed by atoms with E-state index in [-0.39, 0.29) is 0 Å². The van der Waals surface area contributed by atoms with Crippen molar-refractivity contribution in [3.63, 3.8) is 0 Å². The first-order chi connectivity index (χ1) is 8.06. The van der Waals surface area contributed by atoms with Crippen molar-refractivity contribution in [2.75, 3.05) is 0 Å². The van der Waals surface area contributed by atoms with E-state index in [9.17, 15) is 0 Å². The van der Waals surface area contributed by atoms with E-state index >= 15 is 0 Å². The van der Waals surface area contributed by atoms with Crippen LogP contribution in [-0.2, 0) is 12.8 Å². The number of oxazole rings is 2. The van der Waals surface area contributed by atoms with Crippen LogP contribution >= 0.6 is 0 Å². The van der Waals surface area contributed by atoms with Crippen molar-refractivity contribution in [1.82, 2.24) is 9.97 Å². The minimum atomic E-state index is 0.736. The van der Waals surface area contributed by atoms with Gasteiger partial charge in [0.1, 0.15) is 11.5 Å². The number of aryl methyl sites for hydroxylation is 6. The lowest BCUT2D eigenvalue weighted by Crippen LogP contribution is -1.92. The molecule has 0 bridgehead atoms. The first kappa shape index (κ1) is 11.9. The van der Waals surface area contributed by atoms with Crippen LogP contribution < -0.4 is 0 Å². The molecule has 4 heteroatoms. The maximum absolute atomic E-state index is 5.53. The van der Waals surface area contributed by atoms with Crippen LogP contribution in [-0.4, -0.2) is 9.97 Å². The lowest BCUT2D eigenvalue weighted by molar-refractivity contribution is 0.463. The molecule has 0 saturated carbocycles. The molecular weight excluding hydrogens is 216 g/mol. The summed E-state index contributed by atoms with van der Waals surface area (Å²) in [7, 11) is 0. The van der Waals surface area contributed by atoms with Gasteiger partial charge in [0.05, 0.1) is 11.4 Å². The van der Waals surface area contributed by atoms with E-state index in [1.165, 1.54) is 0 Å². The molecule has 0 aliphatic heterocycles. The Morgan fingerprint density at radius 2 is 1.65 bits per heavy atom. The molecule has 17 heavy (non-hydrogen) atoms. The van der Waals surface area contributed by atoms with Crippen molar-refractivity contribution >= 4 is 0 Å². The molecule has 2 heterocycles. The van der Waals surface area contributed by atoms with Crippen LogP contribution in [0.25, 0.3) is 0 Å². The molecule has 2 aromatic rings. The number of rotatable bonds is 4. The third-order valence-electron chi connectivity index (χ3n) is 2.88. The van der Waals surface area contributed by atoms with Crippen molar-refractivity contribution in [3.8, 4) is 0 Å². The van der Waals surface area contributed by atoms with Crippen LogP contribution in [0.2, 0.25) is 0 Å². The Balaban J connectivity index is 1.89. The molecule has 0 unspecified atom stereocenters. The van der Waals surface area contributed by atoms with Crippen LogP contribution in [0.4, 0.5) is 0 Å². The van der Waals surface area contributed by atoms with Gasteiger partial charge in [-0.05, 0) is 33.6 Å². The average Bonchev–Trinajstić information content (AvgIpc) is 2.72. The molecule has 0 radical (unpaired) electrons. The number of hydrogen-bond acceptors (Lipinski definition) is 4. The molecule has 0 aliphatic carbocycles. The summed E-state index contributed by atoms with van der Waals surface area (Å²) < 4.78 is 10.9. The Labute approximate surface area is 101 Å². The van der Waals surface area contributed by atoms with Gasteiger partial charge in [-0.3, -0.25) is 0 Å². The van der Waals surface area contributed by atoms with Gasteiger partial charge in [0.2, 0.25) is 0 Å². The molecule has 0 fully saturated rings. The lowest BCUT2D eigenvalue weighted by atomic mass is 10.2. The van der Waals surface area contributed by atoms with E-state index in [1.54, 1.807) is 0 Å². The molecule has 4 nitrogen and oxygen atoms in total. The summed E-state index contributed by atoms with van der Waals surface area (Å²) in [6, 6.07) is 0. The van der Waals surface area contributed by atoms with Crippen molar-refractivity contribution < 1.29 is 8.83 Å². The van der Waals surface area contributed by atoms with Gasteiger partial charge in [0, 0.05) is 13.3 Å². The van der Waals surface area contributed by atoms with E-state index in [1.807, 2.05) is 27.7 Å². The van der Waals surface area contributed by atoms with E-state index in [4.69, 9.17) is 8.83 Å². The maximum atomic E-state index is 5.53. The van der Waals surface area contributed by atoms with Gasteiger partial charge in [0.15, 0.2) is 11.8 Å². The summed E-state index contributed by atoms with van der Waals surface area (Å²) in [5.74, 6) is 3.38. The third-order valence-corrected chi connectivity index (χ3v) is 2.88. The van der Waals surface area contributed by atoms with E-state index in [2.05, 4.69) is 9.97 Å². The summed E-state index contributed by atoms with van der Waals surface area (Å²) >= 11 is 0. The lowest BCUT2D eigenvalue weighted by Gasteiger charge is -1.95. The van der Waals surface area contributed by atoms with Gasteiger partial charge >= 0.3 is 0 Å². The summed E-state index contributed by atoms with van der Waals surface area (Å²) in [5.41, 5.74) is 2.02. The van der Waals surface area contributed by atoms with E-state index in [0.717, 1.165) is 54.0 Å². The van der Waals surface area contributed by atoms with Gasteiger partial charge in [-0.25, -0.2) is 9.97 Å². The van der Waals surface area contributed by atoms with Gasteiger partial charge < -0.3 is 8.83 Å². The zero-order valence-electron chi connectivity index (χ0n) is 10.8. The SMILES string of the molecule is Cc1nc(CCCc2nc(C)c(C)o2)c(C)o1. The van der Waals surface area contributed by atoms with Crippen molar-refractivity contribution in [2.24, 2.45) is 0 Å². The monoisotopic (exact) mass is 234 g/mol. The highest BCUT2D eigenvalue weighted by atomic mass is 16.4. The smallest absolute Gasteiger partial charge is 0.194 e. The molecular formula is C13H18N2O2. The third kappa shape index (κ3) is 2.75. The molecule has 0 atom stereocenters. The fourth-order valence-corrected chi connectivity index (χ4v) is 1.86. The summed E-state index contributed by atoms with van der Waals surface area (Å²) in [5, 5.41) is 0. The Hall–Kier alpha value is -1.58. The van der Waals surface area contributed by atoms with Gasteiger partial charge in [-0.15, -0.1) is 0 Å². The molecule has 0 aliphatic rings. The van der Waals surface area contributed by atoms with Crippen molar-refractivity contribution in [1.29, 1.82) is 0 Å². The fraction of sp³-hybridized carbons (Fsp3) is 0.538. The van der Waals surface area contributed by atoms with Crippen LogP contribution in [0.5, 0.6) is 0 Å². The van der Waals surface area contributed by atoms with E-state index < -0.39 is 0 Å². The topological polar surface area (TPSA) is 52.1 Å². The highest BCUT2D eigenvalue weighted by molar-refractivity contribution is 5.09. The second kappa shape index (κ2) is 4.73. The predicted molar refractivity (Wildman–Crippen MR) is 64.0 cm³/mol. The van der Waals surface area contributed by atoms with Crippen LogP contribution in [0.1, 0.15) is 41.1 Å². The predicted octanol–water partition coefficient (Wildman–Crippen LogP) is 3.07. The molecule has 2 rings (SSSR count). The van der Waals surface area contributed by atoms with Crippen LogP contribution in [0, 0.1) is 27.7 Å². The number of nitrogens with zero attached hydrogens (tertiary/aromatic N) is 2. The highest BCUT2D eigenvalue weighted by Gasteiger charge is 2.08. The maximum Gasteiger partial charge on any atom is 0.194 e. The first-order valence-corrected chi connectivity index (χ1v) is 5.92. The van der Waals surface area contributed by atoms with Gasteiger partial charge in [-0.2, -0.15) is 0 Å². The number of aromatic nitrogens is 2. The Morgan fingerprint density at radius 3 is 2.18 bits per heavy atom. The first-order valence-electron chi connectivity index (χ1n) is 5.92. The Morgan fingerprint density at radius 1 is 0.882 bits per heavy atom. The standard InChI is InChI=1S/C13H18N2O2/c1-8-9(2)17-13(14-8)7-5-6-12-10(3)16-11(4)15-12/h5-7H2,1-4H3. The van der Waals surface area contributed by atoms with Gasteiger partial charge in [-0.1, -0.05) is 0 Å². The largest absolute Gasteiger partial charge is 0.446 e. The summed E-state index contributed by atoms with van der Waals surface area (Å²) in [4.78, 5) is 8.71. The molecule has 0 saturated heterocycles. The normalized spacial score (nSPS) is 11.1. The Bertz CT molecular complexity index is 492.